The molecule has 0 saturated carbocycles. The highest BCUT2D eigenvalue weighted by Gasteiger charge is 2.31. The van der Waals surface area contributed by atoms with Gasteiger partial charge in [0.2, 0.25) is 11.8 Å². The minimum atomic E-state index is -0.669. The van der Waals surface area contributed by atoms with Crippen molar-refractivity contribution in [3.05, 3.63) is 101 Å². The molecule has 3 aromatic carbocycles. The number of hydrogen-bond acceptors (Lipinski definition) is 3. The number of rotatable bonds is 11. The predicted octanol–water partition coefficient (Wildman–Crippen LogP) is 5.45. The fourth-order valence-electron chi connectivity index (χ4n) is 3.84. The fraction of sp³-hybridized carbons (Fsp3) is 0.310. The van der Waals surface area contributed by atoms with E-state index < -0.39 is 6.04 Å². The number of nitrogens with zero attached hydrogens (tertiary/aromatic N) is 1. The number of halogens is 1. The predicted molar refractivity (Wildman–Crippen MR) is 141 cm³/mol. The van der Waals surface area contributed by atoms with Crippen LogP contribution in [0.25, 0.3) is 0 Å². The summed E-state index contributed by atoms with van der Waals surface area (Å²) in [7, 11) is 1.61. The minimum absolute atomic E-state index is 0.00538. The monoisotopic (exact) mass is 492 g/mol. The van der Waals surface area contributed by atoms with Crippen molar-refractivity contribution < 1.29 is 14.3 Å². The molecule has 2 atom stereocenters. The van der Waals surface area contributed by atoms with Crippen LogP contribution in [0.2, 0.25) is 5.02 Å². The molecule has 3 rings (SSSR count). The van der Waals surface area contributed by atoms with Crippen LogP contribution in [0.5, 0.6) is 5.75 Å². The van der Waals surface area contributed by atoms with Crippen LogP contribution in [0.4, 0.5) is 0 Å². The Hall–Kier alpha value is -3.31. The molecule has 2 amide bonds. The Morgan fingerprint density at radius 2 is 1.63 bits per heavy atom. The molecule has 0 bridgehead atoms. The van der Waals surface area contributed by atoms with Crippen molar-refractivity contribution in [2.24, 2.45) is 0 Å². The average Bonchev–Trinajstić information content (AvgIpc) is 2.88. The highest BCUT2D eigenvalue weighted by molar-refractivity contribution is 6.30. The second-order valence-corrected chi connectivity index (χ2v) is 9.14. The Kier molecular flexibility index (Phi) is 9.74. The van der Waals surface area contributed by atoms with Crippen LogP contribution in [0.15, 0.2) is 78.9 Å². The molecule has 6 heteroatoms. The van der Waals surface area contributed by atoms with Crippen LogP contribution in [0.1, 0.15) is 37.0 Å². The molecule has 0 saturated heterocycles. The van der Waals surface area contributed by atoms with Crippen molar-refractivity contribution in [2.75, 3.05) is 7.11 Å². The molecule has 0 radical (unpaired) electrons. The maximum atomic E-state index is 13.7. The molecule has 184 valence electrons. The first kappa shape index (κ1) is 26.3. The summed E-state index contributed by atoms with van der Waals surface area (Å²) in [6.45, 7) is 4.28. The number of hydrogen-bond donors (Lipinski definition) is 1. The molecule has 0 aliphatic rings. The standard InChI is InChI=1S/C29H33ClN2O3/c1-4-21(2)31-29(34)27(18-22-9-6-5-7-10-22)32(20-24-11-8-12-26(17-24)35-3)28(33)19-23-13-15-25(30)16-14-23/h5-17,21,27H,4,18-20H2,1-3H3,(H,31,34). The molecule has 0 aromatic heterocycles. The molecule has 0 heterocycles. The van der Waals surface area contributed by atoms with E-state index in [1.165, 1.54) is 0 Å². The summed E-state index contributed by atoms with van der Waals surface area (Å²) in [5.74, 6) is 0.419. The van der Waals surface area contributed by atoms with Gasteiger partial charge in [0.15, 0.2) is 0 Å². The minimum Gasteiger partial charge on any atom is -0.497 e. The quantitative estimate of drug-likeness (QED) is 0.387. The molecular weight excluding hydrogens is 460 g/mol. The lowest BCUT2D eigenvalue weighted by Crippen LogP contribution is -2.52. The van der Waals surface area contributed by atoms with E-state index in [-0.39, 0.29) is 30.8 Å². The van der Waals surface area contributed by atoms with E-state index in [1.807, 2.05) is 80.6 Å². The van der Waals surface area contributed by atoms with Gasteiger partial charge in [-0.05, 0) is 54.3 Å². The third-order valence-corrected chi connectivity index (χ3v) is 6.28. The van der Waals surface area contributed by atoms with Crippen LogP contribution in [-0.4, -0.2) is 35.9 Å². The lowest BCUT2D eigenvalue weighted by atomic mass is 10.0. The summed E-state index contributed by atoms with van der Waals surface area (Å²) in [6.07, 6.45) is 1.39. The van der Waals surface area contributed by atoms with Gasteiger partial charge in [-0.25, -0.2) is 0 Å². The Bertz CT molecular complexity index is 1100. The summed E-state index contributed by atoms with van der Waals surface area (Å²) in [5, 5.41) is 3.71. The molecule has 0 fully saturated rings. The van der Waals surface area contributed by atoms with E-state index in [0.717, 1.165) is 23.1 Å². The number of methoxy groups -OCH3 is 1. The van der Waals surface area contributed by atoms with Crippen LogP contribution >= 0.6 is 11.6 Å². The van der Waals surface area contributed by atoms with Crippen molar-refractivity contribution in [1.82, 2.24) is 10.2 Å². The van der Waals surface area contributed by atoms with Crippen LogP contribution in [0.3, 0.4) is 0 Å². The number of ether oxygens (including phenoxy) is 1. The van der Waals surface area contributed by atoms with Gasteiger partial charge in [0.05, 0.1) is 13.5 Å². The average molecular weight is 493 g/mol. The third-order valence-electron chi connectivity index (χ3n) is 6.03. The van der Waals surface area contributed by atoms with Gasteiger partial charge in [0, 0.05) is 24.0 Å². The maximum Gasteiger partial charge on any atom is 0.243 e. The Labute approximate surface area is 213 Å². The van der Waals surface area contributed by atoms with Crippen LogP contribution < -0.4 is 10.1 Å². The summed E-state index contributed by atoms with van der Waals surface area (Å²) in [6, 6.07) is 24.0. The topological polar surface area (TPSA) is 58.6 Å². The highest BCUT2D eigenvalue weighted by Crippen LogP contribution is 2.20. The number of benzene rings is 3. The van der Waals surface area contributed by atoms with Gasteiger partial charge in [-0.1, -0.05) is 73.1 Å². The third kappa shape index (κ3) is 7.86. The lowest BCUT2D eigenvalue weighted by molar-refractivity contribution is -0.141. The van der Waals surface area contributed by atoms with Gasteiger partial charge in [0.1, 0.15) is 11.8 Å². The first-order valence-corrected chi connectivity index (χ1v) is 12.3. The summed E-state index contributed by atoms with van der Waals surface area (Å²) >= 11 is 6.03. The SMILES string of the molecule is CCC(C)NC(=O)C(Cc1ccccc1)N(Cc1cccc(OC)c1)C(=O)Cc1ccc(Cl)cc1. The molecule has 1 N–H and O–H groups in total. The van der Waals surface area contributed by atoms with Gasteiger partial charge in [0.25, 0.3) is 0 Å². The summed E-state index contributed by atoms with van der Waals surface area (Å²) in [5.41, 5.74) is 2.73. The van der Waals surface area contributed by atoms with Gasteiger partial charge in [-0.15, -0.1) is 0 Å². The van der Waals surface area contributed by atoms with Crippen molar-refractivity contribution >= 4 is 23.4 Å². The van der Waals surface area contributed by atoms with E-state index in [1.54, 1.807) is 24.1 Å². The largest absolute Gasteiger partial charge is 0.497 e. The first-order chi connectivity index (χ1) is 16.9. The number of nitrogens with one attached hydrogen (secondary N) is 1. The molecule has 35 heavy (non-hydrogen) atoms. The molecule has 0 aliphatic heterocycles. The van der Waals surface area contributed by atoms with Gasteiger partial charge < -0.3 is 15.0 Å². The number of amides is 2. The lowest BCUT2D eigenvalue weighted by Gasteiger charge is -2.32. The fourth-order valence-corrected chi connectivity index (χ4v) is 3.97. The zero-order chi connectivity index (χ0) is 25.2. The van der Waals surface area contributed by atoms with Gasteiger partial charge >= 0.3 is 0 Å². The Morgan fingerprint density at radius 3 is 2.29 bits per heavy atom. The van der Waals surface area contributed by atoms with E-state index in [4.69, 9.17) is 16.3 Å². The highest BCUT2D eigenvalue weighted by atomic mass is 35.5. The normalized spacial score (nSPS) is 12.5. The maximum absolute atomic E-state index is 13.7. The van der Waals surface area contributed by atoms with Crippen molar-refractivity contribution in [3.63, 3.8) is 0 Å². The van der Waals surface area contributed by atoms with E-state index >= 15 is 0 Å². The van der Waals surface area contributed by atoms with Crippen molar-refractivity contribution in [1.29, 1.82) is 0 Å². The smallest absolute Gasteiger partial charge is 0.243 e. The summed E-state index contributed by atoms with van der Waals surface area (Å²) in [4.78, 5) is 28.9. The molecule has 2 unspecified atom stereocenters. The Balaban J connectivity index is 1.97. The molecule has 5 nitrogen and oxygen atoms in total. The van der Waals surface area contributed by atoms with Crippen LogP contribution in [-0.2, 0) is 29.0 Å². The second-order valence-electron chi connectivity index (χ2n) is 8.70. The first-order valence-electron chi connectivity index (χ1n) is 11.9. The van der Waals surface area contributed by atoms with Crippen molar-refractivity contribution in [2.45, 2.75) is 51.7 Å². The van der Waals surface area contributed by atoms with Crippen LogP contribution in [0, 0.1) is 0 Å². The van der Waals surface area contributed by atoms with Crippen molar-refractivity contribution in [3.8, 4) is 5.75 Å². The molecule has 3 aromatic rings. The summed E-state index contributed by atoms with van der Waals surface area (Å²) < 4.78 is 5.38. The van der Waals surface area contributed by atoms with Gasteiger partial charge in [-0.2, -0.15) is 0 Å². The van der Waals surface area contributed by atoms with E-state index in [0.29, 0.717) is 17.2 Å². The van der Waals surface area contributed by atoms with E-state index in [2.05, 4.69) is 5.32 Å². The number of carbonyl (C=O) groups is 2. The van der Waals surface area contributed by atoms with E-state index in [9.17, 15) is 9.59 Å². The molecular formula is C29H33ClN2O3. The molecule has 0 spiro atoms. The molecule has 0 aliphatic carbocycles. The van der Waals surface area contributed by atoms with Gasteiger partial charge in [-0.3, -0.25) is 9.59 Å². The second kappa shape index (κ2) is 13.0. The zero-order valence-electron chi connectivity index (χ0n) is 20.5. The zero-order valence-corrected chi connectivity index (χ0v) is 21.3. The number of carbonyl (C=O) groups excluding carboxylic acids is 2. The Morgan fingerprint density at radius 1 is 0.943 bits per heavy atom.